The van der Waals surface area contributed by atoms with Crippen LogP contribution in [0.2, 0.25) is 10.0 Å². The maximum Gasteiger partial charge on any atom is 0.109 e. The molecule has 0 saturated carbocycles. The van der Waals surface area contributed by atoms with E-state index in [0.717, 1.165) is 0 Å². The number of aliphatic hydroxyl groups is 1. The number of rotatable bonds is 4. The van der Waals surface area contributed by atoms with Gasteiger partial charge in [-0.05, 0) is 39.0 Å². The van der Waals surface area contributed by atoms with Gasteiger partial charge in [-0.2, -0.15) is 0 Å². The Morgan fingerprint density at radius 3 is 2.56 bits per heavy atom. The van der Waals surface area contributed by atoms with Gasteiger partial charge in [0.2, 0.25) is 0 Å². The third kappa shape index (κ3) is 3.11. The molecule has 0 heterocycles. The van der Waals surface area contributed by atoms with Crippen LogP contribution in [0.25, 0.3) is 0 Å². The molecule has 0 aliphatic carbocycles. The van der Waals surface area contributed by atoms with Gasteiger partial charge >= 0.3 is 0 Å². The lowest BCUT2D eigenvalue weighted by molar-refractivity contribution is -0.0983. The van der Waals surface area contributed by atoms with Crippen molar-refractivity contribution in [3.8, 4) is 0 Å². The Balaban J connectivity index is 3.03. The van der Waals surface area contributed by atoms with E-state index in [2.05, 4.69) is 0 Å². The highest BCUT2D eigenvalue weighted by Crippen LogP contribution is 2.34. The lowest BCUT2D eigenvalue weighted by Gasteiger charge is -2.31. The minimum atomic E-state index is -0.807. The summed E-state index contributed by atoms with van der Waals surface area (Å²) in [6, 6.07) is 5.02. The summed E-state index contributed by atoms with van der Waals surface area (Å²) in [5.41, 5.74) is -0.101. The number of benzene rings is 1. The summed E-state index contributed by atoms with van der Waals surface area (Å²) in [6.45, 7) is 6.05. The Morgan fingerprint density at radius 2 is 2.00 bits per heavy atom. The highest BCUT2D eigenvalue weighted by molar-refractivity contribution is 6.33. The van der Waals surface area contributed by atoms with Crippen molar-refractivity contribution in [1.82, 2.24) is 0 Å². The van der Waals surface area contributed by atoms with E-state index in [1.165, 1.54) is 0 Å². The molecule has 0 aliphatic rings. The highest BCUT2D eigenvalue weighted by atomic mass is 35.5. The van der Waals surface area contributed by atoms with Gasteiger partial charge in [0.15, 0.2) is 0 Å². The molecule has 1 aromatic carbocycles. The van der Waals surface area contributed by atoms with Crippen LogP contribution in [0.1, 0.15) is 32.4 Å². The molecule has 2 nitrogen and oxygen atoms in total. The third-order valence-corrected chi connectivity index (χ3v) is 3.01. The molecule has 0 aromatic heterocycles. The van der Waals surface area contributed by atoms with E-state index >= 15 is 0 Å². The van der Waals surface area contributed by atoms with Crippen molar-refractivity contribution >= 4 is 23.2 Å². The zero-order valence-corrected chi connectivity index (χ0v) is 11.1. The van der Waals surface area contributed by atoms with Crippen LogP contribution in [0.4, 0.5) is 0 Å². The SMILES string of the molecule is CCOC(C)(C)C(O)c1cc(Cl)ccc1Cl. The van der Waals surface area contributed by atoms with E-state index in [1.807, 2.05) is 20.8 Å². The van der Waals surface area contributed by atoms with Crippen LogP contribution in [0, 0.1) is 0 Å². The Labute approximate surface area is 106 Å². The Kier molecular flexibility index (Phi) is 4.62. The molecule has 0 aliphatic heterocycles. The lowest BCUT2D eigenvalue weighted by Crippen LogP contribution is -2.33. The van der Waals surface area contributed by atoms with E-state index in [9.17, 15) is 5.11 Å². The van der Waals surface area contributed by atoms with Crippen molar-refractivity contribution in [3.05, 3.63) is 33.8 Å². The number of ether oxygens (including phenoxy) is 1. The average molecular weight is 263 g/mol. The molecule has 1 aromatic rings. The quantitative estimate of drug-likeness (QED) is 0.894. The summed E-state index contributed by atoms with van der Waals surface area (Å²) in [5.74, 6) is 0. The average Bonchev–Trinajstić information content (AvgIpc) is 2.20. The van der Waals surface area contributed by atoms with Crippen molar-refractivity contribution in [2.24, 2.45) is 0 Å². The molecule has 0 spiro atoms. The molecule has 0 bridgehead atoms. The van der Waals surface area contributed by atoms with Crippen LogP contribution in [-0.4, -0.2) is 17.3 Å². The zero-order valence-electron chi connectivity index (χ0n) is 9.63. The van der Waals surface area contributed by atoms with Gasteiger partial charge in [0.05, 0.1) is 5.60 Å². The van der Waals surface area contributed by atoms with Crippen LogP contribution in [0.15, 0.2) is 18.2 Å². The highest BCUT2D eigenvalue weighted by Gasteiger charge is 2.31. The van der Waals surface area contributed by atoms with E-state index < -0.39 is 11.7 Å². The molecule has 0 saturated heterocycles. The summed E-state index contributed by atoms with van der Waals surface area (Å²) in [5, 5.41) is 11.3. The molecule has 16 heavy (non-hydrogen) atoms. The normalized spacial score (nSPS) is 13.9. The molecule has 1 N–H and O–H groups in total. The molecule has 1 unspecified atom stereocenters. The number of aliphatic hydroxyl groups excluding tert-OH is 1. The largest absolute Gasteiger partial charge is 0.385 e. The third-order valence-electron chi connectivity index (χ3n) is 2.43. The molecular weight excluding hydrogens is 247 g/mol. The molecule has 0 radical (unpaired) electrons. The van der Waals surface area contributed by atoms with Crippen LogP contribution in [0.3, 0.4) is 0 Å². The predicted octanol–water partition coefficient (Wildman–Crippen LogP) is 3.84. The standard InChI is InChI=1S/C12H16Cl2O2/c1-4-16-12(2,3)11(15)9-7-8(13)5-6-10(9)14/h5-7,11,15H,4H2,1-3H3. The van der Waals surface area contributed by atoms with Crippen molar-refractivity contribution in [2.75, 3.05) is 6.61 Å². The second-order valence-electron chi connectivity index (χ2n) is 4.10. The number of halogens is 2. The maximum atomic E-state index is 10.2. The molecular formula is C12H16Cl2O2. The summed E-state index contributed by atoms with van der Waals surface area (Å²) < 4.78 is 5.49. The number of hydrogen-bond donors (Lipinski definition) is 1. The molecule has 1 atom stereocenters. The van der Waals surface area contributed by atoms with Gasteiger partial charge in [0.25, 0.3) is 0 Å². The van der Waals surface area contributed by atoms with Gasteiger partial charge in [0, 0.05) is 22.2 Å². The van der Waals surface area contributed by atoms with Crippen molar-refractivity contribution < 1.29 is 9.84 Å². The van der Waals surface area contributed by atoms with E-state index in [1.54, 1.807) is 18.2 Å². The molecule has 1 rings (SSSR count). The van der Waals surface area contributed by atoms with Gasteiger partial charge in [0.1, 0.15) is 6.10 Å². The van der Waals surface area contributed by atoms with Gasteiger partial charge < -0.3 is 9.84 Å². The zero-order chi connectivity index (χ0) is 12.3. The van der Waals surface area contributed by atoms with Crippen LogP contribution in [-0.2, 0) is 4.74 Å². The smallest absolute Gasteiger partial charge is 0.109 e. The second kappa shape index (κ2) is 5.37. The van der Waals surface area contributed by atoms with E-state index in [-0.39, 0.29) is 0 Å². The van der Waals surface area contributed by atoms with Crippen molar-refractivity contribution in [3.63, 3.8) is 0 Å². The summed E-state index contributed by atoms with van der Waals surface area (Å²) in [7, 11) is 0. The van der Waals surface area contributed by atoms with Crippen LogP contribution >= 0.6 is 23.2 Å². The van der Waals surface area contributed by atoms with Gasteiger partial charge in [-0.25, -0.2) is 0 Å². The monoisotopic (exact) mass is 262 g/mol. The van der Waals surface area contributed by atoms with Crippen LogP contribution in [0.5, 0.6) is 0 Å². The molecule has 0 amide bonds. The molecule has 0 fully saturated rings. The fourth-order valence-electron chi connectivity index (χ4n) is 1.55. The number of hydrogen-bond acceptors (Lipinski definition) is 2. The minimum Gasteiger partial charge on any atom is -0.385 e. The van der Waals surface area contributed by atoms with E-state index in [0.29, 0.717) is 22.2 Å². The van der Waals surface area contributed by atoms with E-state index in [4.69, 9.17) is 27.9 Å². The first kappa shape index (κ1) is 13.8. The predicted molar refractivity (Wildman–Crippen MR) is 67.1 cm³/mol. The summed E-state index contributed by atoms with van der Waals surface area (Å²) in [6.07, 6.45) is -0.807. The Bertz CT molecular complexity index is 364. The van der Waals surface area contributed by atoms with Crippen molar-refractivity contribution in [1.29, 1.82) is 0 Å². The van der Waals surface area contributed by atoms with Gasteiger partial charge in [-0.15, -0.1) is 0 Å². The summed E-state index contributed by atoms with van der Waals surface area (Å²) >= 11 is 11.9. The first-order chi connectivity index (χ1) is 7.38. The van der Waals surface area contributed by atoms with Gasteiger partial charge in [-0.3, -0.25) is 0 Å². The minimum absolute atomic E-state index is 0.490. The first-order valence-electron chi connectivity index (χ1n) is 5.15. The first-order valence-corrected chi connectivity index (χ1v) is 5.91. The fraction of sp³-hybridized carbons (Fsp3) is 0.500. The Hall–Kier alpha value is -0.280. The topological polar surface area (TPSA) is 29.5 Å². The fourth-order valence-corrected chi connectivity index (χ4v) is 1.95. The van der Waals surface area contributed by atoms with Gasteiger partial charge in [-0.1, -0.05) is 23.2 Å². The van der Waals surface area contributed by atoms with Crippen molar-refractivity contribution in [2.45, 2.75) is 32.5 Å². The molecule has 4 heteroatoms. The lowest BCUT2D eigenvalue weighted by atomic mass is 9.94. The van der Waals surface area contributed by atoms with Crippen LogP contribution < -0.4 is 0 Å². The Morgan fingerprint density at radius 1 is 1.38 bits per heavy atom. The summed E-state index contributed by atoms with van der Waals surface area (Å²) in [4.78, 5) is 0. The maximum absolute atomic E-state index is 10.2. The molecule has 90 valence electrons. The second-order valence-corrected chi connectivity index (χ2v) is 4.95.